The maximum Gasteiger partial charge on any atom is 0.0898 e. The lowest BCUT2D eigenvalue weighted by Crippen LogP contribution is -2.39. The quantitative estimate of drug-likeness (QED) is 0.682. The molecule has 102 valence electrons. The van der Waals surface area contributed by atoms with Gasteiger partial charge < -0.3 is 9.42 Å². The Balaban J connectivity index is 2.33. The Labute approximate surface area is 109 Å². The maximum absolute atomic E-state index is 6.11. The number of piperidine rings is 1. The summed E-state index contributed by atoms with van der Waals surface area (Å²) in [6.45, 7) is 14.7. The standard InChI is InChI=1S/C13H29N2OP/c1-6-14-9-7-8-13(10-14)16-17-15(11(2)3)12(4)5/h11-13,17H,6-10H2,1-5H3. The number of likely N-dealkylation sites (tertiary alicyclic amines) is 1. The van der Waals surface area contributed by atoms with Crippen molar-refractivity contribution in [1.82, 2.24) is 9.57 Å². The fourth-order valence-electron chi connectivity index (χ4n) is 2.34. The molecule has 1 saturated heterocycles. The van der Waals surface area contributed by atoms with E-state index in [1.54, 1.807) is 0 Å². The van der Waals surface area contributed by atoms with Crippen LogP contribution in [-0.4, -0.2) is 47.4 Å². The van der Waals surface area contributed by atoms with Gasteiger partial charge in [-0.15, -0.1) is 0 Å². The van der Waals surface area contributed by atoms with Crippen LogP contribution in [0.15, 0.2) is 0 Å². The topological polar surface area (TPSA) is 15.7 Å². The summed E-state index contributed by atoms with van der Waals surface area (Å²) in [6, 6.07) is 1.14. The Morgan fingerprint density at radius 3 is 2.47 bits per heavy atom. The largest absolute Gasteiger partial charge is 0.342 e. The fourth-order valence-corrected chi connectivity index (χ4v) is 3.22. The Morgan fingerprint density at radius 2 is 1.94 bits per heavy atom. The van der Waals surface area contributed by atoms with Gasteiger partial charge in [0.25, 0.3) is 0 Å². The van der Waals surface area contributed by atoms with Crippen molar-refractivity contribution in [2.45, 2.75) is 65.6 Å². The normalized spacial score (nSPS) is 23.6. The zero-order chi connectivity index (χ0) is 12.8. The van der Waals surface area contributed by atoms with Crippen LogP contribution in [0.1, 0.15) is 47.5 Å². The molecule has 2 unspecified atom stereocenters. The van der Waals surface area contributed by atoms with Crippen LogP contribution in [0, 0.1) is 0 Å². The van der Waals surface area contributed by atoms with Crippen LogP contribution >= 0.6 is 8.96 Å². The Bertz CT molecular complexity index is 204. The maximum atomic E-state index is 6.11. The molecule has 17 heavy (non-hydrogen) atoms. The van der Waals surface area contributed by atoms with E-state index in [0.717, 1.165) is 13.1 Å². The van der Waals surface area contributed by atoms with Crippen LogP contribution < -0.4 is 0 Å². The Kier molecular flexibility index (Phi) is 6.94. The van der Waals surface area contributed by atoms with Crippen LogP contribution in [0.3, 0.4) is 0 Å². The summed E-state index contributed by atoms with van der Waals surface area (Å²) in [5, 5.41) is 0. The van der Waals surface area contributed by atoms with Crippen molar-refractivity contribution in [3.8, 4) is 0 Å². The molecule has 1 fully saturated rings. The summed E-state index contributed by atoms with van der Waals surface area (Å²) in [6.07, 6.45) is 2.96. The van der Waals surface area contributed by atoms with Gasteiger partial charge in [-0.05, 0) is 53.6 Å². The van der Waals surface area contributed by atoms with Gasteiger partial charge >= 0.3 is 0 Å². The second-order valence-electron chi connectivity index (χ2n) is 5.46. The molecule has 0 aliphatic carbocycles. The van der Waals surface area contributed by atoms with Crippen molar-refractivity contribution in [3.63, 3.8) is 0 Å². The van der Waals surface area contributed by atoms with E-state index < -0.39 is 0 Å². The lowest BCUT2D eigenvalue weighted by molar-refractivity contribution is 0.0960. The monoisotopic (exact) mass is 260 g/mol. The van der Waals surface area contributed by atoms with Crippen LogP contribution in [0.25, 0.3) is 0 Å². The molecule has 0 aromatic heterocycles. The third-order valence-electron chi connectivity index (χ3n) is 3.35. The van der Waals surface area contributed by atoms with Gasteiger partial charge in [-0.2, -0.15) is 0 Å². The van der Waals surface area contributed by atoms with Gasteiger partial charge in [-0.25, -0.2) is 0 Å². The molecular weight excluding hydrogens is 231 g/mol. The smallest absolute Gasteiger partial charge is 0.0898 e. The summed E-state index contributed by atoms with van der Waals surface area (Å²) in [7, 11) is 0.513. The summed E-state index contributed by atoms with van der Waals surface area (Å²) < 4.78 is 8.55. The third-order valence-corrected chi connectivity index (χ3v) is 5.03. The average molecular weight is 260 g/mol. The summed E-state index contributed by atoms with van der Waals surface area (Å²) in [5.41, 5.74) is 0. The van der Waals surface area contributed by atoms with Gasteiger partial charge in [0.15, 0.2) is 0 Å². The van der Waals surface area contributed by atoms with Crippen LogP contribution in [-0.2, 0) is 4.52 Å². The molecule has 0 aromatic carbocycles. The average Bonchev–Trinajstić information content (AvgIpc) is 2.28. The first-order chi connectivity index (χ1) is 8.04. The summed E-state index contributed by atoms with van der Waals surface area (Å²) in [5.74, 6) is 0. The highest BCUT2D eigenvalue weighted by molar-refractivity contribution is 7.29. The molecule has 4 heteroatoms. The molecule has 0 bridgehead atoms. The number of likely N-dealkylation sites (N-methyl/N-ethyl adjacent to an activating group) is 1. The highest BCUT2D eigenvalue weighted by Crippen LogP contribution is 2.29. The van der Waals surface area contributed by atoms with Gasteiger partial charge in [0.2, 0.25) is 0 Å². The van der Waals surface area contributed by atoms with E-state index in [4.69, 9.17) is 4.52 Å². The minimum Gasteiger partial charge on any atom is -0.342 e. The van der Waals surface area contributed by atoms with E-state index >= 15 is 0 Å². The van der Waals surface area contributed by atoms with Crippen molar-refractivity contribution in [1.29, 1.82) is 0 Å². The second-order valence-corrected chi connectivity index (χ2v) is 6.40. The van der Waals surface area contributed by atoms with Gasteiger partial charge in [0.05, 0.1) is 15.1 Å². The second kappa shape index (κ2) is 7.68. The molecule has 0 aromatic rings. The van der Waals surface area contributed by atoms with Crippen molar-refractivity contribution in [3.05, 3.63) is 0 Å². The highest BCUT2D eigenvalue weighted by atomic mass is 31.1. The number of hydrogen-bond donors (Lipinski definition) is 0. The highest BCUT2D eigenvalue weighted by Gasteiger charge is 2.21. The van der Waals surface area contributed by atoms with E-state index in [2.05, 4.69) is 44.2 Å². The summed E-state index contributed by atoms with van der Waals surface area (Å²) in [4.78, 5) is 2.49. The van der Waals surface area contributed by atoms with E-state index in [1.165, 1.54) is 19.4 Å². The van der Waals surface area contributed by atoms with E-state index in [0.29, 0.717) is 27.1 Å². The zero-order valence-corrected chi connectivity index (χ0v) is 13.1. The first-order valence-electron chi connectivity index (χ1n) is 6.96. The predicted molar refractivity (Wildman–Crippen MR) is 76.6 cm³/mol. The third kappa shape index (κ3) is 5.21. The first kappa shape index (κ1) is 15.4. The minimum atomic E-state index is 0.446. The van der Waals surface area contributed by atoms with E-state index in [9.17, 15) is 0 Å². The number of rotatable bonds is 6. The molecule has 1 heterocycles. The Hall–Kier alpha value is 0.310. The lowest BCUT2D eigenvalue weighted by atomic mass is 10.1. The number of nitrogens with zero attached hydrogens (tertiary/aromatic N) is 2. The fraction of sp³-hybridized carbons (Fsp3) is 1.00. The molecule has 0 radical (unpaired) electrons. The van der Waals surface area contributed by atoms with Gasteiger partial charge in [0, 0.05) is 18.6 Å². The minimum absolute atomic E-state index is 0.446. The SMILES string of the molecule is CCN1CCCC(OPN(C(C)C)C(C)C)C1. The van der Waals surface area contributed by atoms with E-state index in [-0.39, 0.29) is 0 Å². The van der Waals surface area contributed by atoms with Crippen LogP contribution in [0.5, 0.6) is 0 Å². The van der Waals surface area contributed by atoms with Crippen molar-refractivity contribution < 1.29 is 4.52 Å². The van der Waals surface area contributed by atoms with Crippen molar-refractivity contribution in [2.75, 3.05) is 19.6 Å². The molecule has 0 spiro atoms. The van der Waals surface area contributed by atoms with Gasteiger partial charge in [-0.3, -0.25) is 4.67 Å². The Morgan fingerprint density at radius 1 is 1.29 bits per heavy atom. The molecule has 3 nitrogen and oxygen atoms in total. The van der Waals surface area contributed by atoms with Crippen LogP contribution in [0.2, 0.25) is 0 Å². The van der Waals surface area contributed by atoms with Crippen molar-refractivity contribution >= 4 is 8.96 Å². The molecule has 1 aliphatic heterocycles. The lowest BCUT2D eigenvalue weighted by Gasteiger charge is -2.35. The predicted octanol–water partition coefficient (Wildman–Crippen LogP) is 3.11. The molecular formula is C13H29N2OP. The molecule has 0 N–H and O–H groups in total. The molecule has 0 amide bonds. The van der Waals surface area contributed by atoms with Crippen LogP contribution in [0.4, 0.5) is 0 Å². The summed E-state index contributed by atoms with van der Waals surface area (Å²) >= 11 is 0. The van der Waals surface area contributed by atoms with Gasteiger partial charge in [-0.1, -0.05) is 6.92 Å². The van der Waals surface area contributed by atoms with E-state index in [1.807, 2.05) is 0 Å². The van der Waals surface area contributed by atoms with Crippen molar-refractivity contribution in [2.24, 2.45) is 0 Å². The number of hydrogen-bond acceptors (Lipinski definition) is 3. The first-order valence-corrected chi connectivity index (χ1v) is 7.82. The zero-order valence-electron chi connectivity index (χ0n) is 12.1. The van der Waals surface area contributed by atoms with Gasteiger partial charge in [0.1, 0.15) is 0 Å². The molecule has 1 rings (SSSR count). The molecule has 2 atom stereocenters. The molecule has 1 aliphatic rings. The molecule has 0 saturated carbocycles.